The zero-order chi connectivity index (χ0) is 15.1. The molecule has 1 aliphatic carbocycles. The molecule has 6 atom stereocenters. The van der Waals surface area contributed by atoms with Crippen LogP contribution >= 0.6 is 0 Å². The fraction of sp³-hybridized carbons (Fsp3) is 0.750. The van der Waals surface area contributed by atoms with E-state index in [-0.39, 0.29) is 42.2 Å². The monoisotopic (exact) mass is 294 g/mol. The third kappa shape index (κ3) is 2.53. The molecule has 0 N–H and O–H groups in total. The molecular weight excluding hydrogens is 272 g/mol. The molecular formula is C16H22O5. The first-order valence-electron chi connectivity index (χ1n) is 7.61. The second kappa shape index (κ2) is 5.54. The smallest absolute Gasteiger partial charge is 0.302 e. The first kappa shape index (κ1) is 14.7. The molecule has 0 saturated carbocycles. The summed E-state index contributed by atoms with van der Waals surface area (Å²) < 4.78 is 16.3. The molecule has 116 valence electrons. The van der Waals surface area contributed by atoms with Crippen LogP contribution in [-0.4, -0.2) is 37.4 Å². The van der Waals surface area contributed by atoms with Gasteiger partial charge in [0, 0.05) is 24.7 Å². The number of carbonyl (C=O) groups excluding carboxylic acids is 2. The minimum atomic E-state index is -0.726. The molecule has 2 bridgehead atoms. The molecule has 2 aliphatic heterocycles. The number of allylic oxidation sites excluding steroid dienone is 1. The lowest BCUT2D eigenvalue weighted by Crippen LogP contribution is -2.52. The van der Waals surface area contributed by atoms with E-state index >= 15 is 0 Å². The molecule has 3 rings (SSSR count). The van der Waals surface area contributed by atoms with Gasteiger partial charge in [-0.05, 0) is 11.8 Å². The molecule has 5 nitrogen and oxygen atoms in total. The molecule has 0 aromatic heterocycles. The summed E-state index contributed by atoms with van der Waals surface area (Å²) in [5.74, 6) is 0.273. The van der Waals surface area contributed by atoms with Gasteiger partial charge in [0.25, 0.3) is 0 Å². The molecule has 3 aliphatic rings. The van der Waals surface area contributed by atoms with Gasteiger partial charge in [0.2, 0.25) is 6.29 Å². The van der Waals surface area contributed by atoms with Crippen LogP contribution in [0.1, 0.15) is 20.8 Å². The molecule has 0 aromatic carbocycles. The number of fused-ring (bicyclic) bond motifs is 4. The largest absolute Gasteiger partial charge is 0.465 e. The van der Waals surface area contributed by atoms with Gasteiger partial charge < -0.3 is 14.2 Å². The van der Waals surface area contributed by atoms with E-state index in [0.717, 1.165) is 0 Å². The second-order valence-corrected chi connectivity index (χ2v) is 6.52. The van der Waals surface area contributed by atoms with Gasteiger partial charge in [-0.2, -0.15) is 0 Å². The minimum absolute atomic E-state index is 0.000835. The van der Waals surface area contributed by atoms with Crippen molar-refractivity contribution in [1.29, 1.82) is 0 Å². The summed E-state index contributed by atoms with van der Waals surface area (Å²) in [6.07, 6.45) is 3.44. The Labute approximate surface area is 124 Å². The van der Waals surface area contributed by atoms with Crippen molar-refractivity contribution in [3.63, 3.8) is 0 Å². The normalized spacial score (nSPS) is 41.2. The van der Waals surface area contributed by atoms with Crippen molar-refractivity contribution in [3.8, 4) is 0 Å². The third-order valence-corrected chi connectivity index (χ3v) is 4.85. The van der Waals surface area contributed by atoms with E-state index in [4.69, 9.17) is 14.2 Å². The van der Waals surface area contributed by atoms with Crippen LogP contribution in [0.25, 0.3) is 0 Å². The summed E-state index contributed by atoms with van der Waals surface area (Å²) in [5.41, 5.74) is 0. The highest BCUT2D eigenvalue weighted by Gasteiger charge is 2.55. The Morgan fingerprint density at radius 1 is 1.43 bits per heavy atom. The fourth-order valence-electron chi connectivity index (χ4n) is 3.89. The van der Waals surface area contributed by atoms with Gasteiger partial charge in [-0.15, -0.1) is 0 Å². The Morgan fingerprint density at radius 3 is 2.86 bits per heavy atom. The molecule has 2 saturated heterocycles. The average Bonchev–Trinajstić information content (AvgIpc) is 2.87. The second-order valence-electron chi connectivity index (χ2n) is 6.52. The van der Waals surface area contributed by atoms with Gasteiger partial charge in [-0.1, -0.05) is 26.0 Å². The first-order chi connectivity index (χ1) is 9.99. The summed E-state index contributed by atoms with van der Waals surface area (Å²) >= 11 is 0. The number of Topliss-reactive ketones (excluding diaryl/α,β-unsaturated/α-hetero) is 1. The van der Waals surface area contributed by atoms with E-state index in [9.17, 15) is 9.59 Å². The number of rotatable bonds is 3. The SMILES string of the molecule is CC(=O)OC[C@@H]1C=C[C@H](C(C)C)[C@H]2[C@H]1C(=O)[C@@H]1OC[C@H]2O1. The molecule has 0 unspecified atom stereocenters. The highest BCUT2D eigenvalue weighted by molar-refractivity contribution is 5.86. The minimum Gasteiger partial charge on any atom is -0.465 e. The van der Waals surface area contributed by atoms with E-state index in [2.05, 4.69) is 19.9 Å². The van der Waals surface area contributed by atoms with Crippen molar-refractivity contribution in [2.24, 2.45) is 29.6 Å². The van der Waals surface area contributed by atoms with Crippen LogP contribution in [-0.2, 0) is 23.8 Å². The van der Waals surface area contributed by atoms with Crippen LogP contribution in [0.3, 0.4) is 0 Å². The van der Waals surface area contributed by atoms with Crippen molar-refractivity contribution in [2.45, 2.75) is 33.2 Å². The van der Waals surface area contributed by atoms with Gasteiger partial charge in [0.15, 0.2) is 5.78 Å². The summed E-state index contributed by atoms with van der Waals surface area (Å²) in [7, 11) is 0. The number of hydrogen-bond acceptors (Lipinski definition) is 5. The van der Waals surface area contributed by atoms with Crippen LogP contribution < -0.4 is 0 Å². The van der Waals surface area contributed by atoms with Crippen molar-refractivity contribution >= 4 is 11.8 Å². The maximum absolute atomic E-state index is 12.6. The molecule has 21 heavy (non-hydrogen) atoms. The molecule has 0 aromatic rings. The molecule has 5 heteroatoms. The van der Waals surface area contributed by atoms with Gasteiger partial charge >= 0.3 is 5.97 Å². The molecule has 2 fully saturated rings. The zero-order valence-electron chi connectivity index (χ0n) is 12.7. The van der Waals surface area contributed by atoms with Crippen LogP contribution in [0.15, 0.2) is 12.2 Å². The van der Waals surface area contributed by atoms with Gasteiger partial charge in [0.1, 0.15) is 0 Å². The summed E-state index contributed by atoms with van der Waals surface area (Å²) in [5, 5.41) is 0. The predicted molar refractivity (Wildman–Crippen MR) is 74.2 cm³/mol. The quantitative estimate of drug-likeness (QED) is 0.584. The van der Waals surface area contributed by atoms with Gasteiger partial charge in [-0.3, -0.25) is 9.59 Å². The Hall–Kier alpha value is -1.20. The Bertz CT molecular complexity index is 469. The number of esters is 1. The average molecular weight is 294 g/mol. The highest BCUT2D eigenvalue weighted by atomic mass is 16.7. The van der Waals surface area contributed by atoms with Crippen LogP contribution in [0.4, 0.5) is 0 Å². The molecule has 0 radical (unpaired) electrons. The standard InChI is InChI=1S/C16H22O5/c1-8(2)11-5-4-10(6-19-9(3)17)13-14(11)12-7-20-16(21-12)15(13)18/h4-5,8,10-14,16H,6-7H2,1-3H3/t10-,11+,12+,13-,14+,16+/m0/s1. The lowest BCUT2D eigenvalue weighted by molar-refractivity contribution is -0.174. The number of carbonyl (C=O) groups is 2. The van der Waals surface area contributed by atoms with Crippen molar-refractivity contribution in [2.75, 3.05) is 13.2 Å². The molecule has 0 amide bonds. The Balaban J connectivity index is 1.89. The zero-order valence-corrected chi connectivity index (χ0v) is 12.7. The topological polar surface area (TPSA) is 61.8 Å². The lowest BCUT2D eigenvalue weighted by atomic mass is 9.63. The van der Waals surface area contributed by atoms with E-state index in [0.29, 0.717) is 18.4 Å². The van der Waals surface area contributed by atoms with E-state index < -0.39 is 6.29 Å². The molecule has 2 heterocycles. The number of ketones is 1. The Kier molecular flexibility index (Phi) is 3.88. The summed E-state index contributed by atoms with van der Waals surface area (Å²) in [6, 6.07) is 0. The Morgan fingerprint density at radius 2 is 2.19 bits per heavy atom. The van der Waals surface area contributed by atoms with Crippen molar-refractivity contribution < 1.29 is 23.8 Å². The van der Waals surface area contributed by atoms with Crippen LogP contribution in [0.5, 0.6) is 0 Å². The number of ether oxygens (including phenoxy) is 3. The fourth-order valence-corrected chi connectivity index (χ4v) is 3.89. The van der Waals surface area contributed by atoms with Crippen LogP contribution in [0.2, 0.25) is 0 Å². The van der Waals surface area contributed by atoms with Crippen molar-refractivity contribution in [1.82, 2.24) is 0 Å². The van der Waals surface area contributed by atoms with Crippen LogP contribution in [0, 0.1) is 29.6 Å². The maximum Gasteiger partial charge on any atom is 0.302 e. The molecule has 0 spiro atoms. The van der Waals surface area contributed by atoms with E-state index in [1.54, 1.807) is 0 Å². The lowest BCUT2D eigenvalue weighted by Gasteiger charge is -2.44. The van der Waals surface area contributed by atoms with E-state index in [1.807, 2.05) is 6.08 Å². The summed E-state index contributed by atoms with van der Waals surface area (Å²) in [6.45, 7) is 6.44. The number of hydrogen-bond donors (Lipinski definition) is 0. The summed E-state index contributed by atoms with van der Waals surface area (Å²) in [4.78, 5) is 23.7. The maximum atomic E-state index is 12.6. The first-order valence-corrected chi connectivity index (χ1v) is 7.61. The highest BCUT2D eigenvalue weighted by Crippen LogP contribution is 2.47. The van der Waals surface area contributed by atoms with Gasteiger partial charge in [-0.25, -0.2) is 0 Å². The predicted octanol–water partition coefficient (Wildman–Crippen LogP) is 1.56. The van der Waals surface area contributed by atoms with Crippen molar-refractivity contribution in [3.05, 3.63) is 12.2 Å². The van der Waals surface area contributed by atoms with E-state index in [1.165, 1.54) is 6.92 Å². The van der Waals surface area contributed by atoms with Gasteiger partial charge in [0.05, 0.1) is 19.3 Å². The third-order valence-electron chi connectivity index (χ3n) is 4.85.